The number of hydrogen-bond donors (Lipinski definition) is 1. The summed E-state index contributed by atoms with van der Waals surface area (Å²) in [5.41, 5.74) is 4.10. The van der Waals surface area contributed by atoms with E-state index in [-0.39, 0.29) is 30.1 Å². The third kappa shape index (κ3) is 5.81. The van der Waals surface area contributed by atoms with E-state index in [0.717, 1.165) is 39.0 Å². The van der Waals surface area contributed by atoms with Crippen LogP contribution in [0.25, 0.3) is 6.08 Å². The highest BCUT2D eigenvalue weighted by Crippen LogP contribution is 2.32. The van der Waals surface area contributed by atoms with Gasteiger partial charge in [-0.25, -0.2) is 0 Å². The molecule has 35 heavy (non-hydrogen) atoms. The highest BCUT2D eigenvalue weighted by Gasteiger charge is 2.34. The van der Waals surface area contributed by atoms with Crippen molar-refractivity contribution in [1.82, 2.24) is 15.4 Å². The molecule has 0 bridgehead atoms. The predicted molar refractivity (Wildman–Crippen MR) is 133 cm³/mol. The molecule has 0 saturated carbocycles. The number of amides is 3. The first kappa shape index (κ1) is 24.3. The first-order valence-electron chi connectivity index (χ1n) is 11.1. The van der Waals surface area contributed by atoms with Crippen molar-refractivity contribution in [2.75, 3.05) is 13.1 Å². The summed E-state index contributed by atoms with van der Waals surface area (Å²) >= 11 is 0.905. The van der Waals surface area contributed by atoms with Gasteiger partial charge in [0.15, 0.2) is 0 Å². The minimum absolute atomic E-state index is 0.0975. The standard InChI is InChI=1S/C26H25N3O5S/c1-16-4-6-19(7-5-16)14-23-25(31)29(26(32)35-23)13-12-27-24(30)20-8-10-21(11-9-20)33-15-22-17(2)28-34-18(22)3/h4-11,14H,12-13,15H2,1-3H3,(H,27,30). The molecule has 0 aliphatic carbocycles. The summed E-state index contributed by atoms with van der Waals surface area (Å²) in [6.45, 7) is 6.24. The molecule has 8 nitrogen and oxygen atoms in total. The van der Waals surface area contributed by atoms with E-state index in [4.69, 9.17) is 9.26 Å². The van der Waals surface area contributed by atoms with Gasteiger partial charge < -0.3 is 14.6 Å². The number of hydrogen-bond acceptors (Lipinski definition) is 7. The van der Waals surface area contributed by atoms with E-state index in [1.165, 1.54) is 0 Å². The van der Waals surface area contributed by atoms with Crippen molar-refractivity contribution in [3.63, 3.8) is 0 Å². The van der Waals surface area contributed by atoms with Gasteiger partial charge in [-0.2, -0.15) is 0 Å². The Hall–Kier alpha value is -3.85. The zero-order valence-corrected chi connectivity index (χ0v) is 20.5. The van der Waals surface area contributed by atoms with Gasteiger partial charge in [-0.15, -0.1) is 0 Å². The average Bonchev–Trinajstić information content (AvgIpc) is 3.31. The van der Waals surface area contributed by atoms with Gasteiger partial charge in [0.05, 0.1) is 16.2 Å². The number of rotatable bonds is 8. The molecule has 9 heteroatoms. The van der Waals surface area contributed by atoms with Gasteiger partial charge in [-0.3, -0.25) is 19.3 Å². The molecular formula is C26H25N3O5S. The lowest BCUT2D eigenvalue weighted by Crippen LogP contribution is -2.37. The smallest absolute Gasteiger partial charge is 0.293 e. The summed E-state index contributed by atoms with van der Waals surface area (Å²) in [7, 11) is 0. The Morgan fingerprint density at radius 1 is 1.09 bits per heavy atom. The Balaban J connectivity index is 1.27. The molecule has 2 heterocycles. The van der Waals surface area contributed by atoms with E-state index in [2.05, 4.69) is 10.5 Å². The molecule has 3 amide bonds. The van der Waals surface area contributed by atoms with Crippen LogP contribution < -0.4 is 10.1 Å². The average molecular weight is 492 g/mol. The van der Waals surface area contributed by atoms with Gasteiger partial charge in [-0.05, 0) is 68.4 Å². The molecule has 1 aliphatic rings. The molecule has 1 N–H and O–H groups in total. The van der Waals surface area contributed by atoms with Crippen molar-refractivity contribution in [1.29, 1.82) is 0 Å². The highest BCUT2D eigenvalue weighted by atomic mass is 32.2. The van der Waals surface area contributed by atoms with Gasteiger partial charge >= 0.3 is 0 Å². The molecule has 1 aliphatic heterocycles. The van der Waals surface area contributed by atoms with E-state index in [1.54, 1.807) is 30.3 Å². The lowest BCUT2D eigenvalue weighted by Gasteiger charge is -2.13. The summed E-state index contributed by atoms with van der Waals surface area (Å²) in [5, 5.41) is 6.31. The van der Waals surface area contributed by atoms with Crippen LogP contribution in [-0.4, -0.2) is 40.2 Å². The topological polar surface area (TPSA) is 102 Å². The minimum Gasteiger partial charge on any atom is -0.489 e. The number of aryl methyl sites for hydroxylation is 3. The molecule has 1 aromatic heterocycles. The number of nitrogens with one attached hydrogen (secondary N) is 1. The number of carbonyl (C=O) groups excluding carboxylic acids is 3. The first-order chi connectivity index (χ1) is 16.8. The summed E-state index contributed by atoms with van der Waals surface area (Å²) in [6.07, 6.45) is 1.71. The summed E-state index contributed by atoms with van der Waals surface area (Å²) in [4.78, 5) is 38.9. The molecule has 1 fully saturated rings. The van der Waals surface area contributed by atoms with Crippen LogP contribution in [0.3, 0.4) is 0 Å². The molecule has 1 saturated heterocycles. The summed E-state index contributed by atoms with van der Waals surface area (Å²) < 4.78 is 10.9. The Morgan fingerprint density at radius 2 is 1.80 bits per heavy atom. The quantitative estimate of drug-likeness (QED) is 0.458. The lowest BCUT2D eigenvalue weighted by atomic mass is 10.1. The SMILES string of the molecule is Cc1ccc(C=C2SC(=O)N(CCNC(=O)c3ccc(OCc4c(C)noc4C)cc3)C2=O)cc1. The summed E-state index contributed by atoms with van der Waals surface area (Å²) in [6, 6.07) is 14.4. The molecule has 0 spiro atoms. The predicted octanol–water partition coefficient (Wildman–Crippen LogP) is 4.65. The molecule has 3 aromatic rings. The van der Waals surface area contributed by atoms with Crippen LogP contribution in [0.5, 0.6) is 5.75 Å². The van der Waals surface area contributed by atoms with E-state index in [0.29, 0.717) is 28.6 Å². The van der Waals surface area contributed by atoms with Crippen molar-refractivity contribution in [3.8, 4) is 5.75 Å². The van der Waals surface area contributed by atoms with Crippen LogP contribution in [0.1, 0.15) is 38.5 Å². The summed E-state index contributed by atoms with van der Waals surface area (Å²) in [5.74, 6) is 0.670. The van der Waals surface area contributed by atoms with Gasteiger partial charge in [0.1, 0.15) is 18.1 Å². The minimum atomic E-state index is -0.352. The van der Waals surface area contributed by atoms with Crippen LogP contribution in [-0.2, 0) is 11.4 Å². The number of imide groups is 1. The molecule has 0 radical (unpaired) electrons. The Morgan fingerprint density at radius 3 is 2.46 bits per heavy atom. The molecule has 0 atom stereocenters. The van der Waals surface area contributed by atoms with Gasteiger partial charge in [0.2, 0.25) is 0 Å². The van der Waals surface area contributed by atoms with E-state index in [9.17, 15) is 14.4 Å². The zero-order valence-electron chi connectivity index (χ0n) is 19.7. The van der Waals surface area contributed by atoms with Gasteiger partial charge in [0.25, 0.3) is 17.1 Å². The number of thioether (sulfide) groups is 1. The fraction of sp³-hybridized carbons (Fsp3) is 0.231. The highest BCUT2D eigenvalue weighted by molar-refractivity contribution is 8.18. The van der Waals surface area contributed by atoms with Gasteiger partial charge in [-0.1, -0.05) is 35.0 Å². The number of nitrogens with zero attached hydrogens (tertiary/aromatic N) is 2. The molecule has 2 aromatic carbocycles. The second-order valence-electron chi connectivity index (χ2n) is 8.12. The zero-order chi connectivity index (χ0) is 24.9. The third-order valence-corrected chi connectivity index (χ3v) is 6.46. The normalized spacial score (nSPS) is 14.6. The van der Waals surface area contributed by atoms with E-state index >= 15 is 0 Å². The molecule has 4 rings (SSSR count). The van der Waals surface area contributed by atoms with Crippen LogP contribution in [0.4, 0.5) is 4.79 Å². The number of carbonyl (C=O) groups is 3. The van der Waals surface area contributed by atoms with Crippen LogP contribution >= 0.6 is 11.8 Å². The van der Waals surface area contributed by atoms with Crippen molar-refractivity contribution >= 4 is 34.9 Å². The third-order valence-electron chi connectivity index (χ3n) is 5.55. The fourth-order valence-electron chi connectivity index (χ4n) is 3.46. The monoisotopic (exact) mass is 491 g/mol. The maximum Gasteiger partial charge on any atom is 0.293 e. The number of ether oxygens (including phenoxy) is 1. The number of aromatic nitrogens is 1. The first-order valence-corrected chi connectivity index (χ1v) is 11.9. The van der Waals surface area contributed by atoms with Crippen molar-refractivity contribution < 1.29 is 23.6 Å². The fourth-order valence-corrected chi connectivity index (χ4v) is 4.32. The number of benzene rings is 2. The second-order valence-corrected chi connectivity index (χ2v) is 9.11. The van der Waals surface area contributed by atoms with Crippen LogP contribution in [0.2, 0.25) is 0 Å². The maximum atomic E-state index is 12.6. The van der Waals surface area contributed by atoms with E-state index in [1.807, 2.05) is 45.0 Å². The second kappa shape index (κ2) is 10.6. The van der Waals surface area contributed by atoms with Crippen LogP contribution in [0, 0.1) is 20.8 Å². The molecule has 180 valence electrons. The Bertz CT molecular complexity index is 1260. The maximum absolute atomic E-state index is 12.6. The largest absolute Gasteiger partial charge is 0.489 e. The van der Waals surface area contributed by atoms with E-state index < -0.39 is 0 Å². The van der Waals surface area contributed by atoms with Crippen molar-refractivity contribution in [2.45, 2.75) is 27.4 Å². The van der Waals surface area contributed by atoms with Gasteiger partial charge in [0, 0.05) is 18.7 Å². The lowest BCUT2D eigenvalue weighted by molar-refractivity contribution is -0.122. The van der Waals surface area contributed by atoms with Crippen molar-refractivity contribution in [2.24, 2.45) is 0 Å². The molecule has 0 unspecified atom stereocenters. The van der Waals surface area contributed by atoms with Crippen LogP contribution in [0.15, 0.2) is 58.0 Å². The molecular weight excluding hydrogens is 466 g/mol. The Kier molecular flexibility index (Phi) is 7.36. The Labute approximate surface area is 207 Å². The van der Waals surface area contributed by atoms with Crippen molar-refractivity contribution in [3.05, 3.63) is 87.1 Å².